The lowest BCUT2D eigenvalue weighted by Crippen LogP contribution is -2.15. The molecule has 0 aliphatic rings. The lowest BCUT2D eigenvalue weighted by molar-refractivity contribution is -0.0273. The van der Waals surface area contributed by atoms with Crippen LogP contribution in [0.2, 0.25) is 0 Å². The highest BCUT2D eigenvalue weighted by atomic mass is 127. The Morgan fingerprint density at radius 1 is 0.289 bits per heavy atom. The van der Waals surface area contributed by atoms with Crippen LogP contribution >= 0.6 is 22.6 Å². The fraction of sp³-hybridized carbons (Fsp3) is 1.00. The molecule has 0 saturated heterocycles. The second-order valence-corrected chi connectivity index (χ2v) is 8.86. The van der Waals surface area contributed by atoms with Gasteiger partial charge >= 0.3 is 0 Å². The first kappa shape index (κ1) is 38.3. The average Bonchev–Trinajstić information content (AvgIpc) is 2.93. The Balaban J connectivity index is 3.01. The van der Waals surface area contributed by atoms with E-state index in [9.17, 15) is 0 Å². The topological polar surface area (TPSA) is 102 Å². The van der Waals surface area contributed by atoms with Crippen molar-refractivity contribution in [1.29, 1.82) is 0 Å². The predicted octanol–water partition coefficient (Wildman–Crippen LogP) is 2.40. The lowest BCUT2D eigenvalue weighted by atomic mass is 10.4. The Labute approximate surface area is 243 Å². The van der Waals surface area contributed by atoms with E-state index in [-0.39, 0.29) is 0 Å². The third-order valence-electron chi connectivity index (χ3n) is 4.58. The molecular formula is C26H53IO11. The molecule has 0 radical (unpaired) electrons. The van der Waals surface area contributed by atoms with Gasteiger partial charge in [0.1, 0.15) is 0 Å². The van der Waals surface area contributed by atoms with Crippen LogP contribution in [0.3, 0.4) is 0 Å². The zero-order chi connectivity index (χ0) is 27.5. The molecule has 0 fully saturated rings. The lowest BCUT2D eigenvalue weighted by Gasteiger charge is -2.09. The summed E-state index contributed by atoms with van der Waals surface area (Å²) in [5, 5.41) is 0. The first-order valence-corrected chi connectivity index (χ1v) is 15.4. The Morgan fingerprint density at radius 2 is 0.474 bits per heavy atom. The molecule has 11 nitrogen and oxygen atoms in total. The molecule has 0 bridgehead atoms. The molecule has 0 aliphatic carbocycles. The van der Waals surface area contributed by atoms with Crippen LogP contribution in [0.25, 0.3) is 0 Å². The van der Waals surface area contributed by atoms with E-state index in [1.165, 1.54) is 0 Å². The molecule has 0 heterocycles. The second kappa shape index (κ2) is 37.3. The zero-order valence-corrected chi connectivity index (χ0v) is 25.7. The normalized spacial score (nSPS) is 11.5. The molecule has 0 aliphatic heterocycles. The van der Waals surface area contributed by atoms with Gasteiger partial charge in [0.2, 0.25) is 0 Å². The SMILES string of the molecule is CCCCOCCOCCOCCOCCOCCOCCOCCOCCOCCOCCOCCI. The van der Waals surface area contributed by atoms with Crippen LogP contribution in [0.1, 0.15) is 19.8 Å². The summed E-state index contributed by atoms with van der Waals surface area (Å²) in [4.78, 5) is 0. The Hall–Kier alpha value is 0.290. The highest BCUT2D eigenvalue weighted by Crippen LogP contribution is 1.89. The van der Waals surface area contributed by atoms with Crippen LogP contribution < -0.4 is 0 Å². The Morgan fingerprint density at radius 3 is 0.658 bits per heavy atom. The van der Waals surface area contributed by atoms with Crippen molar-refractivity contribution in [2.75, 3.05) is 150 Å². The quantitative estimate of drug-likeness (QED) is 0.0566. The van der Waals surface area contributed by atoms with Gasteiger partial charge < -0.3 is 52.1 Å². The van der Waals surface area contributed by atoms with Crippen molar-refractivity contribution in [3.8, 4) is 0 Å². The van der Waals surface area contributed by atoms with Gasteiger partial charge in [0.15, 0.2) is 0 Å². The molecule has 0 spiro atoms. The van der Waals surface area contributed by atoms with E-state index in [0.717, 1.165) is 30.5 Å². The van der Waals surface area contributed by atoms with Gasteiger partial charge in [0, 0.05) is 11.0 Å². The molecule has 0 amide bonds. The number of halogens is 1. The number of unbranched alkanes of at least 4 members (excludes halogenated alkanes) is 1. The first-order chi connectivity index (χ1) is 18.9. The van der Waals surface area contributed by atoms with Crippen LogP contribution in [0.15, 0.2) is 0 Å². The van der Waals surface area contributed by atoms with Gasteiger partial charge in [-0.25, -0.2) is 0 Å². The van der Waals surface area contributed by atoms with Gasteiger partial charge in [-0.05, 0) is 6.42 Å². The summed E-state index contributed by atoms with van der Waals surface area (Å²) in [6.45, 7) is 14.9. The van der Waals surface area contributed by atoms with Gasteiger partial charge in [-0.1, -0.05) is 35.9 Å². The van der Waals surface area contributed by atoms with Crippen molar-refractivity contribution in [2.24, 2.45) is 0 Å². The molecule has 0 saturated carbocycles. The van der Waals surface area contributed by atoms with Gasteiger partial charge in [-0.3, -0.25) is 0 Å². The van der Waals surface area contributed by atoms with Gasteiger partial charge in [0.05, 0.1) is 139 Å². The molecule has 0 rings (SSSR count). The fourth-order valence-corrected chi connectivity index (χ4v) is 2.91. The smallest absolute Gasteiger partial charge is 0.0701 e. The van der Waals surface area contributed by atoms with Crippen LogP contribution in [0.5, 0.6) is 0 Å². The minimum Gasteiger partial charge on any atom is -0.379 e. The summed E-state index contributed by atoms with van der Waals surface area (Å²) in [5.41, 5.74) is 0. The van der Waals surface area contributed by atoms with Crippen molar-refractivity contribution in [1.82, 2.24) is 0 Å². The van der Waals surface area contributed by atoms with E-state index in [4.69, 9.17) is 52.1 Å². The largest absolute Gasteiger partial charge is 0.379 e. The highest BCUT2D eigenvalue weighted by Gasteiger charge is 1.96. The predicted molar refractivity (Wildman–Crippen MR) is 153 cm³/mol. The molecule has 0 aromatic carbocycles. The minimum absolute atomic E-state index is 0.527. The van der Waals surface area contributed by atoms with Crippen molar-refractivity contribution < 1.29 is 52.1 Å². The van der Waals surface area contributed by atoms with Crippen molar-refractivity contribution in [2.45, 2.75) is 19.8 Å². The zero-order valence-electron chi connectivity index (χ0n) is 23.5. The Kier molecular flexibility index (Phi) is 37.6. The summed E-state index contributed by atoms with van der Waals surface area (Å²) in [6, 6.07) is 0. The molecule has 12 heteroatoms. The molecule has 0 aromatic rings. The van der Waals surface area contributed by atoms with Crippen LogP contribution in [-0.2, 0) is 52.1 Å². The number of hydrogen-bond acceptors (Lipinski definition) is 11. The van der Waals surface area contributed by atoms with E-state index in [0.29, 0.717) is 132 Å². The number of hydrogen-bond donors (Lipinski definition) is 0. The van der Waals surface area contributed by atoms with Gasteiger partial charge in [-0.15, -0.1) is 0 Å². The van der Waals surface area contributed by atoms with E-state index in [1.807, 2.05) is 0 Å². The molecule has 0 N–H and O–H groups in total. The summed E-state index contributed by atoms with van der Waals surface area (Å²) in [6.07, 6.45) is 2.25. The summed E-state index contributed by atoms with van der Waals surface area (Å²) in [5.74, 6) is 0. The maximum atomic E-state index is 5.47. The van der Waals surface area contributed by atoms with Gasteiger partial charge in [-0.2, -0.15) is 0 Å². The Bertz CT molecular complexity index is 375. The molecule has 0 atom stereocenters. The molecule has 230 valence electrons. The van der Waals surface area contributed by atoms with Crippen LogP contribution in [0.4, 0.5) is 0 Å². The summed E-state index contributed by atoms with van der Waals surface area (Å²) in [7, 11) is 0. The second-order valence-electron chi connectivity index (χ2n) is 7.78. The third kappa shape index (κ3) is 36.3. The maximum absolute atomic E-state index is 5.47. The number of alkyl halides is 1. The molecular weight excluding hydrogens is 615 g/mol. The monoisotopic (exact) mass is 668 g/mol. The van der Waals surface area contributed by atoms with E-state index in [2.05, 4.69) is 29.5 Å². The van der Waals surface area contributed by atoms with E-state index < -0.39 is 0 Å². The first-order valence-electron chi connectivity index (χ1n) is 13.8. The standard InChI is InChI=1S/C26H53IO11/c1-2-3-5-28-7-9-30-11-13-32-15-17-34-19-21-36-23-25-38-26-24-37-22-20-35-18-16-33-14-12-31-10-8-29-6-4-27/h2-26H2,1H3. The minimum atomic E-state index is 0.527. The van der Waals surface area contributed by atoms with Gasteiger partial charge in [0.25, 0.3) is 0 Å². The summed E-state index contributed by atoms with van der Waals surface area (Å²) < 4.78 is 60.7. The van der Waals surface area contributed by atoms with Crippen LogP contribution in [-0.4, -0.2) is 150 Å². The van der Waals surface area contributed by atoms with Crippen molar-refractivity contribution >= 4 is 22.6 Å². The maximum Gasteiger partial charge on any atom is 0.0701 e. The van der Waals surface area contributed by atoms with Crippen molar-refractivity contribution in [3.63, 3.8) is 0 Å². The molecule has 38 heavy (non-hydrogen) atoms. The van der Waals surface area contributed by atoms with E-state index in [1.54, 1.807) is 0 Å². The fourth-order valence-electron chi connectivity index (χ4n) is 2.60. The number of ether oxygens (including phenoxy) is 11. The average molecular weight is 669 g/mol. The summed E-state index contributed by atoms with van der Waals surface area (Å²) >= 11 is 2.28. The highest BCUT2D eigenvalue weighted by molar-refractivity contribution is 14.1. The van der Waals surface area contributed by atoms with Crippen molar-refractivity contribution in [3.05, 3.63) is 0 Å². The molecule has 0 aromatic heterocycles. The van der Waals surface area contributed by atoms with Crippen LogP contribution in [0, 0.1) is 0 Å². The molecule has 0 unspecified atom stereocenters. The van der Waals surface area contributed by atoms with E-state index >= 15 is 0 Å². The number of rotatable bonds is 35. The third-order valence-corrected chi connectivity index (χ3v) is 5.02.